The number of rotatable bonds is 6. The van der Waals surface area contributed by atoms with E-state index < -0.39 is 0 Å². The van der Waals surface area contributed by atoms with E-state index in [2.05, 4.69) is 59.6 Å². The number of hydrogen-bond acceptors (Lipinski definition) is 3. The molecule has 0 aliphatic carbocycles. The van der Waals surface area contributed by atoms with Crippen molar-refractivity contribution in [1.82, 2.24) is 19.8 Å². The average molecular weight is 469 g/mol. The molecule has 3 heterocycles. The Kier molecular flexibility index (Phi) is 6.45. The van der Waals surface area contributed by atoms with Gasteiger partial charge in [0.1, 0.15) is 5.75 Å². The van der Waals surface area contributed by atoms with E-state index in [0.29, 0.717) is 10.9 Å². The molecule has 1 aromatic carbocycles. The van der Waals surface area contributed by atoms with E-state index in [1.165, 1.54) is 5.56 Å². The second kappa shape index (κ2) is 9.12. The van der Waals surface area contributed by atoms with Crippen LogP contribution in [0.5, 0.6) is 5.75 Å². The summed E-state index contributed by atoms with van der Waals surface area (Å²) >= 11 is 12.1. The maximum atomic E-state index is 6.35. The van der Waals surface area contributed by atoms with Gasteiger partial charge in [0.25, 0.3) is 0 Å². The minimum absolute atomic E-state index is 0.0299. The van der Waals surface area contributed by atoms with Gasteiger partial charge in [0, 0.05) is 29.2 Å². The van der Waals surface area contributed by atoms with Gasteiger partial charge >= 0.3 is 0 Å². The fourth-order valence-electron chi connectivity index (χ4n) is 4.63. The Morgan fingerprint density at radius 2 is 1.97 bits per heavy atom. The Bertz CT molecular complexity index is 1130. The first-order valence-corrected chi connectivity index (χ1v) is 11.6. The summed E-state index contributed by atoms with van der Waals surface area (Å²) in [5.74, 6) is 1.25. The van der Waals surface area contributed by atoms with E-state index in [1.807, 2.05) is 36.5 Å². The molecule has 0 spiro atoms. The van der Waals surface area contributed by atoms with E-state index in [0.717, 1.165) is 40.2 Å². The Morgan fingerprint density at radius 3 is 2.62 bits per heavy atom. The Labute approximate surface area is 200 Å². The second-order valence-electron chi connectivity index (χ2n) is 8.65. The van der Waals surface area contributed by atoms with Gasteiger partial charge in [-0.1, -0.05) is 31.5 Å². The molecule has 1 aliphatic heterocycles. The van der Waals surface area contributed by atoms with Crippen LogP contribution in [0.1, 0.15) is 48.6 Å². The first kappa shape index (κ1) is 22.6. The third-order valence-electron chi connectivity index (χ3n) is 5.93. The van der Waals surface area contributed by atoms with E-state index in [4.69, 9.17) is 28.6 Å². The maximum absolute atomic E-state index is 6.35. The molecule has 1 saturated heterocycles. The summed E-state index contributed by atoms with van der Waals surface area (Å²) in [5, 5.41) is 4.98. The van der Waals surface area contributed by atoms with Gasteiger partial charge in [0.2, 0.25) is 0 Å². The minimum Gasteiger partial charge on any atom is -0.495 e. The predicted octanol–water partition coefficient (Wildman–Crippen LogP) is 5.78. The van der Waals surface area contributed by atoms with Crippen molar-refractivity contribution in [3.63, 3.8) is 0 Å². The number of halogens is 1. The van der Waals surface area contributed by atoms with Gasteiger partial charge in [0.05, 0.1) is 30.6 Å². The molecule has 0 unspecified atom stereocenters. The third-order valence-corrected chi connectivity index (χ3v) is 6.52. The smallest absolute Gasteiger partial charge is 0.170 e. The molecule has 4 rings (SSSR count). The van der Waals surface area contributed by atoms with Crippen LogP contribution in [0.3, 0.4) is 0 Å². The highest BCUT2D eigenvalue weighted by molar-refractivity contribution is 7.80. The molecule has 0 radical (unpaired) electrons. The summed E-state index contributed by atoms with van der Waals surface area (Å²) in [4.78, 5) is 6.95. The van der Waals surface area contributed by atoms with Gasteiger partial charge in [-0.2, -0.15) is 0 Å². The number of aromatic nitrogens is 2. The van der Waals surface area contributed by atoms with Crippen LogP contribution in [0.25, 0.3) is 5.69 Å². The van der Waals surface area contributed by atoms with Crippen LogP contribution in [-0.2, 0) is 0 Å². The van der Waals surface area contributed by atoms with Gasteiger partial charge < -0.3 is 19.5 Å². The van der Waals surface area contributed by atoms with Crippen LogP contribution in [-0.4, -0.2) is 33.2 Å². The van der Waals surface area contributed by atoms with Crippen LogP contribution in [0.4, 0.5) is 0 Å². The zero-order chi connectivity index (χ0) is 23.0. The second-order valence-corrected chi connectivity index (χ2v) is 9.47. The van der Waals surface area contributed by atoms with Crippen molar-refractivity contribution in [1.29, 1.82) is 0 Å². The fourth-order valence-corrected chi connectivity index (χ4v) is 5.11. The average Bonchev–Trinajstić information content (AvgIpc) is 3.23. The van der Waals surface area contributed by atoms with Crippen molar-refractivity contribution in [2.24, 2.45) is 5.92 Å². The number of methoxy groups -OCH3 is 1. The molecule has 0 bridgehead atoms. The summed E-state index contributed by atoms with van der Waals surface area (Å²) in [6, 6.07) is 14.0. The molecule has 7 heteroatoms. The lowest BCUT2D eigenvalue weighted by Crippen LogP contribution is -2.33. The van der Waals surface area contributed by atoms with Gasteiger partial charge in [-0.15, -0.1) is 0 Å². The summed E-state index contributed by atoms with van der Waals surface area (Å²) in [6.45, 7) is 9.55. The molecule has 2 aromatic heterocycles. The highest BCUT2D eigenvalue weighted by atomic mass is 35.5. The highest BCUT2D eigenvalue weighted by Crippen LogP contribution is 2.42. The van der Waals surface area contributed by atoms with E-state index in [-0.39, 0.29) is 12.1 Å². The zero-order valence-electron chi connectivity index (χ0n) is 19.1. The number of nitrogens with zero attached hydrogens (tertiary/aromatic N) is 3. The number of aryl methyl sites for hydroxylation is 1. The lowest BCUT2D eigenvalue weighted by Gasteiger charge is -2.29. The van der Waals surface area contributed by atoms with Crippen LogP contribution in [0.2, 0.25) is 5.02 Å². The summed E-state index contributed by atoms with van der Waals surface area (Å²) in [7, 11) is 1.68. The largest absolute Gasteiger partial charge is 0.495 e. The topological polar surface area (TPSA) is 42.3 Å². The molecule has 32 heavy (non-hydrogen) atoms. The van der Waals surface area contributed by atoms with Crippen LogP contribution in [0, 0.1) is 19.8 Å². The quantitative estimate of drug-likeness (QED) is 0.464. The summed E-state index contributed by atoms with van der Waals surface area (Å²) < 4.78 is 7.86. The number of ether oxygens (including phenoxy) is 1. The molecule has 3 aromatic rings. The van der Waals surface area contributed by atoms with Crippen molar-refractivity contribution < 1.29 is 4.74 Å². The molecule has 1 N–H and O–H groups in total. The molecule has 5 nitrogen and oxygen atoms in total. The number of thiocarbonyl (C=S) groups is 1. The normalized spacial score (nSPS) is 18.3. The molecule has 0 amide bonds. The Hall–Kier alpha value is -2.57. The van der Waals surface area contributed by atoms with Gasteiger partial charge in [-0.3, -0.25) is 4.98 Å². The lowest BCUT2D eigenvalue weighted by molar-refractivity contribution is 0.287. The van der Waals surface area contributed by atoms with Crippen molar-refractivity contribution in [3.05, 3.63) is 76.3 Å². The SMILES string of the molecule is COc1ccc(Cl)cc1-n1c(C)cc([C@@H]2[C@H](c3ccccn3)NC(=S)N2CC(C)C)c1C. The predicted molar refractivity (Wildman–Crippen MR) is 134 cm³/mol. The first-order chi connectivity index (χ1) is 15.3. The molecular weight excluding hydrogens is 440 g/mol. The molecule has 2 atom stereocenters. The molecular formula is C25H29ClN4OS. The fraction of sp³-hybridized carbons (Fsp3) is 0.360. The third kappa shape index (κ3) is 4.09. The van der Waals surface area contributed by atoms with Crippen molar-refractivity contribution >= 4 is 28.9 Å². The van der Waals surface area contributed by atoms with Crippen molar-refractivity contribution in [2.45, 2.75) is 39.8 Å². The Morgan fingerprint density at radius 1 is 1.19 bits per heavy atom. The van der Waals surface area contributed by atoms with Crippen LogP contribution in [0.15, 0.2) is 48.7 Å². The molecule has 0 saturated carbocycles. The lowest BCUT2D eigenvalue weighted by atomic mass is 9.96. The van der Waals surface area contributed by atoms with Crippen molar-refractivity contribution in [2.75, 3.05) is 13.7 Å². The minimum atomic E-state index is -0.0299. The number of hydrogen-bond donors (Lipinski definition) is 1. The van der Waals surface area contributed by atoms with Gasteiger partial charge in [-0.25, -0.2) is 0 Å². The number of pyridine rings is 1. The Balaban J connectivity index is 1.87. The standard InChI is InChI=1S/C25H29ClN4OS/c1-15(2)14-29-24(23(28-25(29)32)20-8-6-7-11-27-20)19-12-16(3)30(17(19)4)21-13-18(26)9-10-22(21)31-5/h6-13,15,23-24H,14H2,1-5H3,(H,28,32)/t23-,24+/m0/s1. The van der Waals surface area contributed by atoms with Crippen molar-refractivity contribution in [3.8, 4) is 11.4 Å². The molecule has 1 aliphatic rings. The number of benzene rings is 1. The van der Waals surface area contributed by atoms with E-state index >= 15 is 0 Å². The first-order valence-electron chi connectivity index (χ1n) is 10.8. The van der Waals surface area contributed by atoms with Crippen LogP contribution >= 0.6 is 23.8 Å². The van der Waals surface area contributed by atoms with Crippen LogP contribution < -0.4 is 10.1 Å². The summed E-state index contributed by atoms with van der Waals surface area (Å²) in [6.07, 6.45) is 1.84. The maximum Gasteiger partial charge on any atom is 0.170 e. The van der Waals surface area contributed by atoms with E-state index in [1.54, 1.807) is 7.11 Å². The monoisotopic (exact) mass is 468 g/mol. The molecule has 168 valence electrons. The zero-order valence-corrected chi connectivity index (χ0v) is 20.7. The number of nitrogens with one attached hydrogen (secondary N) is 1. The van der Waals surface area contributed by atoms with E-state index in [9.17, 15) is 0 Å². The highest BCUT2D eigenvalue weighted by Gasteiger charge is 2.41. The summed E-state index contributed by atoms with van der Waals surface area (Å²) in [5.41, 5.74) is 5.37. The molecule has 1 fully saturated rings. The van der Waals surface area contributed by atoms with Gasteiger partial charge in [-0.05, 0) is 73.9 Å². The van der Waals surface area contributed by atoms with Gasteiger partial charge in [0.15, 0.2) is 5.11 Å².